The molecule has 4 heteroatoms. The minimum atomic E-state index is -1.42. The average molecular weight is 227 g/mol. The van der Waals surface area contributed by atoms with Crippen molar-refractivity contribution < 1.29 is 10.0 Å². The van der Waals surface area contributed by atoms with Crippen LogP contribution in [0.2, 0.25) is 0 Å². The van der Waals surface area contributed by atoms with Gasteiger partial charge in [0.2, 0.25) is 0 Å². The van der Waals surface area contributed by atoms with Crippen molar-refractivity contribution in [1.29, 1.82) is 0 Å². The first-order chi connectivity index (χ1) is 5.70. The summed E-state index contributed by atoms with van der Waals surface area (Å²) in [6.45, 7) is 0. The molecule has 0 aromatic heterocycles. The second-order valence-electron chi connectivity index (χ2n) is 2.29. The highest BCUT2D eigenvalue weighted by molar-refractivity contribution is 9.15. The van der Waals surface area contributed by atoms with Crippen LogP contribution in [0.25, 0.3) is 4.48 Å². The molecule has 0 aliphatic heterocycles. The fourth-order valence-electron chi connectivity index (χ4n) is 0.824. The fourth-order valence-corrected chi connectivity index (χ4v) is 1.33. The second kappa shape index (κ2) is 4.45. The molecule has 2 nitrogen and oxygen atoms in total. The zero-order chi connectivity index (χ0) is 8.97. The third-order valence-electron chi connectivity index (χ3n) is 1.34. The molecule has 0 saturated heterocycles. The van der Waals surface area contributed by atoms with Gasteiger partial charge in [-0.05, 0) is 11.5 Å². The van der Waals surface area contributed by atoms with Crippen LogP contribution in [0.1, 0.15) is 5.56 Å². The minimum Gasteiger partial charge on any atom is -0.424 e. The van der Waals surface area contributed by atoms with Gasteiger partial charge in [0.25, 0.3) is 0 Å². The molecular formula is C8H8BBrO2. The summed E-state index contributed by atoms with van der Waals surface area (Å²) in [5.41, 5.74) is 0.922. The van der Waals surface area contributed by atoms with Crippen LogP contribution in [0.5, 0.6) is 0 Å². The van der Waals surface area contributed by atoms with E-state index in [-0.39, 0.29) is 0 Å². The Morgan fingerprint density at radius 2 is 1.83 bits per heavy atom. The molecule has 0 atom stereocenters. The van der Waals surface area contributed by atoms with Crippen molar-refractivity contribution in [2.75, 3.05) is 0 Å². The van der Waals surface area contributed by atoms with E-state index in [1.165, 1.54) is 5.98 Å². The first kappa shape index (κ1) is 9.51. The maximum Gasteiger partial charge on any atom is 0.481 e. The number of rotatable bonds is 2. The number of halogens is 1. The molecule has 0 aliphatic carbocycles. The largest absolute Gasteiger partial charge is 0.481 e. The maximum absolute atomic E-state index is 8.63. The van der Waals surface area contributed by atoms with Crippen LogP contribution in [0.3, 0.4) is 0 Å². The van der Waals surface area contributed by atoms with Gasteiger partial charge in [0.05, 0.1) is 0 Å². The van der Waals surface area contributed by atoms with E-state index < -0.39 is 7.12 Å². The van der Waals surface area contributed by atoms with Gasteiger partial charge in [-0.1, -0.05) is 46.3 Å². The zero-order valence-electron chi connectivity index (χ0n) is 6.31. The molecule has 0 saturated carbocycles. The predicted molar refractivity (Wildman–Crippen MR) is 53.5 cm³/mol. The second-order valence-corrected chi connectivity index (χ2v) is 3.15. The molecule has 0 bridgehead atoms. The molecule has 0 fully saturated rings. The normalized spacial score (nSPS) is 11.4. The van der Waals surface area contributed by atoms with Crippen molar-refractivity contribution in [2.24, 2.45) is 0 Å². The summed E-state index contributed by atoms with van der Waals surface area (Å²) < 4.78 is 0.679. The molecule has 0 aliphatic rings. The highest BCUT2D eigenvalue weighted by atomic mass is 79.9. The summed E-state index contributed by atoms with van der Waals surface area (Å²) >= 11 is 3.23. The van der Waals surface area contributed by atoms with Crippen LogP contribution in [0.4, 0.5) is 0 Å². The van der Waals surface area contributed by atoms with Crippen LogP contribution < -0.4 is 0 Å². The summed E-state index contributed by atoms with van der Waals surface area (Å²) in [7, 11) is -1.42. The van der Waals surface area contributed by atoms with Crippen molar-refractivity contribution in [3.8, 4) is 0 Å². The van der Waals surface area contributed by atoms with E-state index in [9.17, 15) is 0 Å². The van der Waals surface area contributed by atoms with E-state index in [1.54, 1.807) is 0 Å². The third kappa shape index (κ3) is 2.81. The topological polar surface area (TPSA) is 40.5 Å². The minimum absolute atomic E-state index is 0.679. The highest BCUT2D eigenvalue weighted by Gasteiger charge is 2.03. The molecule has 0 unspecified atom stereocenters. The van der Waals surface area contributed by atoms with Crippen LogP contribution in [-0.4, -0.2) is 17.2 Å². The van der Waals surface area contributed by atoms with Crippen LogP contribution in [0.15, 0.2) is 36.3 Å². The van der Waals surface area contributed by atoms with Crippen LogP contribution in [-0.2, 0) is 0 Å². The lowest BCUT2D eigenvalue weighted by atomic mass is 9.91. The van der Waals surface area contributed by atoms with Gasteiger partial charge in [0.1, 0.15) is 0 Å². The molecule has 2 N–H and O–H groups in total. The lowest BCUT2D eigenvalue weighted by molar-refractivity contribution is 0.424. The SMILES string of the molecule is OB(O)C=C(Br)c1ccccc1. The lowest BCUT2D eigenvalue weighted by Crippen LogP contribution is -2.06. The van der Waals surface area contributed by atoms with Gasteiger partial charge >= 0.3 is 7.12 Å². The Hall–Kier alpha value is -0.575. The van der Waals surface area contributed by atoms with E-state index in [4.69, 9.17) is 10.0 Å². The molecule has 0 radical (unpaired) electrons. The highest BCUT2D eigenvalue weighted by Crippen LogP contribution is 2.19. The van der Waals surface area contributed by atoms with Crippen molar-refractivity contribution in [3.05, 3.63) is 41.9 Å². The molecular weight excluding hydrogens is 219 g/mol. The van der Waals surface area contributed by atoms with Crippen molar-refractivity contribution in [2.45, 2.75) is 0 Å². The van der Waals surface area contributed by atoms with Gasteiger partial charge in [-0.3, -0.25) is 0 Å². The standard InChI is InChI=1S/C8H8BBrO2/c10-8(6-9(11)12)7-4-2-1-3-5-7/h1-6,11-12H. The smallest absolute Gasteiger partial charge is 0.424 e. The number of hydrogen-bond donors (Lipinski definition) is 2. The first-order valence-corrected chi connectivity index (χ1v) is 4.28. The van der Waals surface area contributed by atoms with Gasteiger partial charge in [0, 0.05) is 4.48 Å². The van der Waals surface area contributed by atoms with Crippen molar-refractivity contribution in [3.63, 3.8) is 0 Å². The lowest BCUT2D eigenvalue weighted by Gasteiger charge is -1.97. The average Bonchev–Trinajstić information content (AvgIpc) is 2.05. The first-order valence-electron chi connectivity index (χ1n) is 3.49. The number of benzene rings is 1. The zero-order valence-corrected chi connectivity index (χ0v) is 7.90. The quantitative estimate of drug-likeness (QED) is 0.750. The van der Waals surface area contributed by atoms with E-state index in [0.29, 0.717) is 4.48 Å². The van der Waals surface area contributed by atoms with Crippen LogP contribution >= 0.6 is 15.9 Å². The van der Waals surface area contributed by atoms with Gasteiger partial charge in [0.15, 0.2) is 0 Å². The maximum atomic E-state index is 8.63. The predicted octanol–water partition coefficient (Wildman–Crippen LogP) is 1.43. The Balaban J connectivity index is 2.85. The molecule has 1 aromatic rings. The molecule has 0 heterocycles. The fraction of sp³-hybridized carbons (Fsp3) is 0. The molecule has 1 rings (SSSR count). The van der Waals surface area contributed by atoms with Gasteiger partial charge < -0.3 is 10.0 Å². The Morgan fingerprint density at radius 1 is 1.25 bits per heavy atom. The van der Waals surface area contributed by atoms with E-state index in [0.717, 1.165) is 5.56 Å². The summed E-state index contributed by atoms with van der Waals surface area (Å²) in [5, 5.41) is 17.3. The van der Waals surface area contributed by atoms with Crippen molar-refractivity contribution in [1.82, 2.24) is 0 Å². The molecule has 12 heavy (non-hydrogen) atoms. The van der Waals surface area contributed by atoms with Crippen LogP contribution in [0, 0.1) is 0 Å². The van der Waals surface area contributed by atoms with E-state index >= 15 is 0 Å². The van der Waals surface area contributed by atoms with Gasteiger partial charge in [-0.25, -0.2) is 0 Å². The number of hydrogen-bond acceptors (Lipinski definition) is 2. The Labute approximate surface area is 79.8 Å². The Bertz CT molecular complexity index is 272. The molecule has 1 aromatic carbocycles. The Morgan fingerprint density at radius 3 is 2.33 bits per heavy atom. The van der Waals surface area contributed by atoms with E-state index in [2.05, 4.69) is 15.9 Å². The molecule has 0 amide bonds. The summed E-state index contributed by atoms with van der Waals surface area (Å²) in [4.78, 5) is 0. The third-order valence-corrected chi connectivity index (χ3v) is 2.07. The summed E-state index contributed by atoms with van der Waals surface area (Å²) in [6, 6.07) is 9.42. The van der Waals surface area contributed by atoms with Gasteiger partial charge in [-0.15, -0.1) is 0 Å². The monoisotopic (exact) mass is 226 g/mol. The molecule has 0 spiro atoms. The van der Waals surface area contributed by atoms with E-state index in [1.807, 2.05) is 30.3 Å². The summed E-state index contributed by atoms with van der Waals surface area (Å²) in [6.07, 6.45) is 0. The Kier molecular flexibility index (Phi) is 3.53. The van der Waals surface area contributed by atoms with Crippen molar-refractivity contribution >= 4 is 27.5 Å². The summed E-state index contributed by atoms with van der Waals surface area (Å²) in [5.74, 6) is 1.31. The van der Waals surface area contributed by atoms with Gasteiger partial charge in [-0.2, -0.15) is 0 Å². The molecule has 62 valence electrons.